The average Bonchev–Trinajstić information content (AvgIpc) is 2.89. The molecule has 1 aromatic heterocycles. The molecule has 3 heterocycles. The molecule has 1 aromatic carbocycles. The number of nitrogens with zero attached hydrogens (tertiary/aromatic N) is 2. The predicted octanol–water partition coefficient (Wildman–Crippen LogP) is 1.32. The summed E-state index contributed by atoms with van der Waals surface area (Å²) in [5, 5.41) is 8.00. The summed E-state index contributed by atoms with van der Waals surface area (Å²) in [7, 11) is 0. The fourth-order valence-electron chi connectivity index (χ4n) is 3.31. The molecule has 2 aromatic rings. The van der Waals surface area contributed by atoms with Crippen molar-refractivity contribution in [1.82, 2.24) is 15.0 Å². The van der Waals surface area contributed by atoms with Gasteiger partial charge in [0.2, 0.25) is 0 Å². The molecule has 2 aliphatic heterocycles. The van der Waals surface area contributed by atoms with Crippen LogP contribution in [0.4, 0.5) is 11.4 Å². The minimum absolute atomic E-state index is 0.0360. The van der Waals surface area contributed by atoms with E-state index in [1.807, 2.05) is 48.7 Å². The Morgan fingerprint density at radius 1 is 1.12 bits per heavy atom. The first-order valence-corrected chi connectivity index (χ1v) is 8.13. The van der Waals surface area contributed by atoms with Crippen LogP contribution in [0.2, 0.25) is 0 Å². The summed E-state index contributed by atoms with van der Waals surface area (Å²) < 4.78 is 1.58. The maximum absolute atomic E-state index is 12.7. The summed E-state index contributed by atoms with van der Waals surface area (Å²) in [5.41, 5.74) is 4.73. The first-order valence-electron chi connectivity index (χ1n) is 8.13. The number of ketones is 1. The third kappa shape index (κ3) is 2.69. The number of hydrazine groups is 1. The number of rotatable bonds is 3. The summed E-state index contributed by atoms with van der Waals surface area (Å²) in [4.78, 5) is 12.7. The first-order chi connectivity index (χ1) is 12.1. The van der Waals surface area contributed by atoms with Gasteiger partial charge in [0.1, 0.15) is 0 Å². The van der Waals surface area contributed by atoms with Gasteiger partial charge in [0.15, 0.2) is 5.78 Å². The van der Waals surface area contributed by atoms with Crippen LogP contribution < -0.4 is 22.3 Å². The van der Waals surface area contributed by atoms with Crippen LogP contribution in [0.1, 0.15) is 21.7 Å². The number of fused-ring (bicyclic) bond motifs is 1. The van der Waals surface area contributed by atoms with Crippen LogP contribution in [0.5, 0.6) is 0 Å². The molecule has 0 fully saturated rings. The van der Waals surface area contributed by atoms with E-state index < -0.39 is 0 Å². The molecular formula is C18H20N6O. The number of para-hydroxylation sites is 1. The summed E-state index contributed by atoms with van der Waals surface area (Å²) in [6.45, 7) is 1.32. The lowest BCUT2D eigenvalue weighted by molar-refractivity contribution is 0.0900. The Labute approximate surface area is 145 Å². The zero-order chi connectivity index (χ0) is 17.4. The van der Waals surface area contributed by atoms with Crippen LogP contribution in [0, 0.1) is 0 Å². The average molecular weight is 336 g/mol. The van der Waals surface area contributed by atoms with Gasteiger partial charge in [0, 0.05) is 17.8 Å². The molecule has 0 saturated heterocycles. The number of anilines is 2. The van der Waals surface area contributed by atoms with Gasteiger partial charge >= 0.3 is 0 Å². The Bertz CT molecular complexity index is 881. The Balaban J connectivity index is 1.90. The summed E-state index contributed by atoms with van der Waals surface area (Å²) in [6, 6.07) is 9.76. The molecule has 4 rings (SSSR count). The SMILES string of the molecule is NN1CC(=O)c2c(Nc3ccccc3)c(C3=CCNC=C3)n(N)c2C1. The van der Waals surface area contributed by atoms with Crippen LogP contribution in [-0.4, -0.2) is 28.6 Å². The Hall–Kier alpha value is -3.03. The largest absolute Gasteiger partial charge is 0.387 e. The second kappa shape index (κ2) is 6.12. The molecule has 0 radical (unpaired) electrons. The molecule has 25 heavy (non-hydrogen) atoms. The van der Waals surface area contributed by atoms with Gasteiger partial charge in [0.05, 0.1) is 35.7 Å². The van der Waals surface area contributed by atoms with Crippen LogP contribution >= 0.6 is 0 Å². The van der Waals surface area contributed by atoms with Crippen LogP contribution in [0.3, 0.4) is 0 Å². The second-order valence-electron chi connectivity index (χ2n) is 6.14. The minimum Gasteiger partial charge on any atom is -0.387 e. The van der Waals surface area contributed by atoms with Crippen LogP contribution in [-0.2, 0) is 6.54 Å². The number of carbonyl (C=O) groups is 1. The summed E-state index contributed by atoms with van der Waals surface area (Å²) in [5.74, 6) is 12.2. The maximum Gasteiger partial charge on any atom is 0.182 e. The Kier molecular flexibility index (Phi) is 3.79. The molecule has 0 atom stereocenters. The fraction of sp³-hybridized carbons (Fsp3) is 0.167. The number of nitrogen functional groups attached to an aromatic ring is 1. The lowest BCUT2D eigenvalue weighted by atomic mass is 10.0. The predicted molar refractivity (Wildman–Crippen MR) is 98.4 cm³/mol. The number of nitrogens with one attached hydrogen (secondary N) is 2. The van der Waals surface area contributed by atoms with Gasteiger partial charge in [-0.2, -0.15) is 0 Å². The molecule has 0 aliphatic carbocycles. The number of hydrogen-bond acceptors (Lipinski definition) is 6. The molecule has 0 spiro atoms. The van der Waals surface area contributed by atoms with Crippen molar-refractivity contribution >= 4 is 22.7 Å². The van der Waals surface area contributed by atoms with Gasteiger partial charge in [-0.15, -0.1) is 0 Å². The van der Waals surface area contributed by atoms with Crippen molar-refractivity contribution in [2.75, 3.05) is 24.2 Å². The minimum atomic E-state index is -0.0360. The zero-order valence-corrected chi connectivity index (χ0v) is 13.7. The number of dihydropyridines is 1. The second-order valence-corrected chi connectivity index (χ2v) is 6.14. The number of carbonyl (C=O) groups excluding carboxylic acids is 1. The fourth-order valence-corrected chi connectivity index (χ4v) is 3.31. The third-order valence-corrected chi connectivity index (χ3v) is 4.42. The van der Waals surface area contributed by atoms with E-state index in [9.17, 15) is 4.79 Å². The maximum atomic E-state index is 12.7. The van der Waals surface area contributed by atoms with E-state index in [1.165, 1.54) is 5.01 Å². The number of nitrogens with two attached hydrogens (primary N) is 2. The van der Waals surface area contributed by atoms with E-state index in [4.69, 9.17) is 11.7 Å². The van der Waals surface area contributed by atoms with E-state index in [0.29, 0.717) is 18.7 Å². The lowest BCUT2D eigenvalue weighted by Crippen LogP contribution is -2.41. The number of aromatic nitrogens is 1. The smallest absolute Gasteiger partial charge is 0.182 e. The molecule has 0 unspecified atom stereocenters. The van der Waals surface area contributed by atoms with Gasteiger partial charge in [-0.3, -0.25) is 15.3 Å². The third-order valence-electron chi connectivity index (χ3n) is 4.42. The molecule has 0 amide bonds. The molecule has 0 saturated carbocycles. The number of allylic oxidation sites excluding steroid dienone is 2. The number of Topliss-reactive ketones (excluding diaryl/α,β-unsaturated/α-hetero) is 1. The van der Waals surface area contributed by atoms with Gasteiger partial charge in [0.25, 0.3) is 0 Å². The zero-order valence-electron chi connectivity index (χ0n) is 13.7. The van der Waals surface area contributed by atoms with Gasteiger partial charge in [-0.1, -0.05) is 24.3 Å². The van der Waals surface area contributed by atoms with E-state index in [0.717, 1.165) is 28.3 Å². The Morgan fingerprint density at radius 3 is 2.64 bits per heavy atom. The van der Waals surface area contributed by atoms with Crippen LogP contribution in [0.25, 0.3) is 5.57 Å². The van der Waals surface area contributed by atoms with Crippen molar-refractivity contribution in [2.24, 2.45) is 5.84 Å². The number of hydrogen-bond donors (Lipinski definition) is 4. The lowest BCUT2D eigenvalue weighted by Gasteiger charge is -2.22. The highest BCUT2D eigenvalue weighted by atomic mass is 16.1. The normalized spacial score (nSPS) is 17.0. The van der Waals surface area contributed by atoms with Crippen molar-refractivity contribution in [3.05, 3.63) is 65.6 Å². The van der Waals surface area contributed by atoms with E-state index in [-0.39, 0.29) is 12.3 Å². The van der Waals surface area contributed by atoms with Gasteiger partial charge in [-0.25, -0.2) is 5.01 Å². The van der Waals surface area contributed by atoms with Crippen LogP contribution in [0.15, 0.2) is 48.7 Å². The molecule has 7 heteroatoms. The highest BCUT2D eigenvalue weighted by molar-refractivity contribution is 6.08. The molecule has 128 valence electrons. The highest BCUT2D eigenvalue weighted by Gasteiger charge is 2.32. The van der Waals surface area contributed by atoms with Crippen molar-refractivity contribution in [2.45, 2.75) is 6.54 Å². The molecule has 7 nitrogen and oxygen atoms in total. The van der Waals surface area contributed by atoms with E-state index >= 15 is 0 Å². The Morgan fingerprint density at radius 2 is 1.92 bits per heavy atom. The van der Waals surface area contributed by atoms with E-state index in [1.54, 1.807) is 4.68 Å². The molecule has 6 N–H and O–H groups in total. The topological polar surface area (TPSA) is 101 Å². The standard InChI is InChI=1S/C18H20N6O/c19-23-10-14-16(15(25)11-23)17(22-13-4-2-1-3-5-13)18(24(14)20)12-6-8-21-9-7-12/h1-8,21-22H,9-11,19-20H2. The first kappa shape index (κ1) is 15.5. The number of benzene rings is 1. The molecule has 0 bridgehead atoms. The monoisotopic (exact) mass is 336 g/mol. The molecular weight excluding hydrogens is 316 g/mol. The van der Waals surface area contributed by atoms with Crippen molar-refractivity contribution in [3.8, 4) is 0 Å². The van der Waals surface area contributed by atoms with E-state index in [2.05, 4.69) is 10.6 Å². The van der Waals surface area contributed by atoms with Crippen molar-refractivity contribution in [3.63, 3.8) is 0 Å². The summed E-state index contributed by atoms with van der Waals surface area (Å²) >= 11 is 0. The van der Waals surface area contributed by atoms with Crippen molar-refractivity contribution in [1.29, 1.82) is 0 Å². The van der Waals surface area contributed by atoms with Gasteiger partial charge < -0.3 is 16.5 Å². The summed E-state index contributed by atoms with van der Waals surface area (Å²) in [6.07, 6.45) is 5.88. The van der Waals surface area contributed by atoms with Gasteiger partial charge in [-0.05, 0) is 24.4 Å². The highest BCUT2D eigenvalue weighted by Crippen LogP contribution is 2.37. The quantitative estimate of drug-likeness (QED) is 0.631. The van der Waals surface area contributed by atoms with Crippen molar-refractivity contribution < 1.29 is 4.79 Å². The molecule has 2 aliphatic rings.